The molecule has 18 heavy (non-hydrogen) atoms. The summed E-state index contributed by atoms with van der Waals surface area (Å²) < 4.78 is 5.51. The molecule has 0 radical (unpaired) electrons. The number of nitrogens with zero attached hydrogens (tertiary/aromatic N) is 1. The van der Waals surface area contributed by atoms with Crippen LogP contribution in [0.3, 0.4) is 0 Å². The van der Waals surface area contributed by atoms with Crippen LogP contribution in [0.1, 0.15) is 54.9 Å². The molecule has 0 spiro atoms. The molecule has 104 valence electrons. The van der Waals surface area contributed by atoms with Crippen molar-refractivity contribution in [2.45, 2.75) is 66.0 Å². The van der Waals surface area contributed by atoms with Crippen LogP contribution in [0.25, 0.3) is 0 Å². The van der Waals surface area contributed by atoms with Crippen LogP contribution in [-0.2, 0) is 9.53 Å². The Morgan fingerprint density at radius 1 is 1.39 bits per heavy atom. The van der Waals surface area contributed by atoms with Gasteiger partial charge < -0.3 is 9.94 Å². The maximum absolute atomic E-state index is 12.1. The van der Waals surface area contributed by atoms with Gasteiger partial charge in [-0.2, -0.15) is 5.06 Å². The summed E-state index contributed by atoms with van der Waals surface area (Å²) in [6, 6.07) is 0. The normalized spacial score (nSPS) is 22.8. The second-order valence-electron chi connectivity index (χ2n) is 6.66. The van der Waals surface area contributed by atoms with Crippen LogP contribution in [-0.4, -0.2) is 27.3 Å². The van der Waals surface area contributed by atoms with Gasteiger partial charge in [-0.15, -0.1) is 0 Å². The number of carbonyl (C=O) groups excluding carboxylic acids is 1. The third-order valence-corrected chi connectivity index (χ3v) is 3.80. The second-order valence-corrected chi connectivity index (χ2v) is 6.66. The summed E-state index contributed by atoms with van der Waals surface area (Å²) in [4.78, 5) is 12.1. The molecule has 1 rings (SSSR count). The highest BCUT2D eigenvalue weighted by molar-refractivity contribution is 5.77. The highest BCUT2D eigenvalue weighted by Gasteiger charge is 2.48. The van der Waals surface area contributed by atoms with Crippen molar-refractivity contribution in [2.75, 3.05) is 0 Å². The highest BCUT2D eigenvalue weighted by Crippen LogP contribution is 2.39. The molecule has 1 aliphatic rings. The van der Waals surface area contributed by atoms with E-state index in [-0.39, 0.29) is 5.97 Å². The number of rotatable bonds is 3. The van der Waals surface area contributed by atoms with E-state index < -0.39 is 16.5 Å². The van der Waals surface area contributed by atoms with E-state index in [1.54, 1.807) is 6.08 Å². The minimum absolute atomic E-state index is 0.254. The summed E-state index contributed by atoms with van der Waals surface area (Å²) in [7, 11) is 0. The summed E-state index contributed by atoms with van der Waals surface area (Å²) in [6.07, 6.45) is 2.52. The molecule has 0 atom stereocenters. The van der Waals surface area contributed by atoms with E-state index >= 15 is 0 Å². The molecule has 0 saturated carbocycles. The van der Waals surface area contributed by atoms with Gasteiger partial charge in [0.25, 0.3) is 0 Å². The van der Waals surface area contributed by atoms with Crippen molar-refractivity contribution in [1.29, 1.82) is 0 Å². The standard InChI is InChI=1S/C14H25NO3/c1-8-12(2,3)11(16)18-10-9-13(4,5)15(17)14(10,6)7/h9,17H,8H2,1-7H3. The smallest absolute Gasteiger partial charge is 0.316 e. The van der Waals surface area contributed by atoms with Gasteiger partial charge in [-0.1, -0.05) is 6.92 Å². The van der Waals surface area contributed by atoms with Crippen molar-refractivity contribution >= 4 is 5.97 Å². The molecule has 1 N–H and O–H groups in total. The topological polar surface area (TPSA) is 49.8 Å². The van der Waals surface area contributed by atoms with Crippen molar-refractivity contribution in [3.8, 4) is 0 Å². The Hall–Kier alpha value is -0.870. The van der Waals surface area contributed by atoms with E-state index in [0.29, 0.717) is 12.2 Å². The van der Waals surface area contributed by atoms with E-state index in [9.17, 15) is 10.0 Å². The van der Waals surface area contributed by atoms with Crippen LogP contribution in [0.4, 0.5) is 0 Å². The fourth-order valence-electron chi connectivity index (χ4n) is 1.92. The number of hydroxylamine groups is 2. The van der Waals surface area contributed by atoms with Crippen LogP contribution < -0.4 is 0 Å². The lowest BCUT2D eigenvalue weighted by atomic mass is 9.90. The highest BCUT2D eigenvalue weighted by atomic mass is 16.6. The van der Waals surface area contributed by atoms with Crippen LogP contribution >= 0.6 is 0 Å². The quantitative estimate of drug-likeness (QED) is 0.787. The molecule has 0 saturated heterocycles. The number of esters is 1. The molecule has 0 aromatic carbocycles. The monoisotopic (exact) mass is 255 g/mol. The largest absolute Gasteiger partial charge is 0.429 e. The zero-order chi connectivity index (χ0) is 14.4. The molecular formula is C14H25NO3. The van der Waals surface area contributed by atoms with Gasteiger partial charge in [-0.25, -0.2) is 0 Å². The molecule has 0 unspecified atom stereocenters. The minimum Gasteiger partial charge on any atom is -0.429 e. The molecule has 0 aromatic rings. The number of carbonyl (C=O) groups is 1. The van der Waals surface area contributed by atoms with E-state index in [1.165, 1.54) is 5.06 Å². The minimum atomic E-state index is -0.691. The third kappa shape index (κ3) is 2.45. The average molecular weight is 255 g/mol. The molecule has 0 bridgehead atoms. The van der Waals surface area contributed by atoms with Crippen molar-refractivity contribution in [3.63, 3.8) is 0 Å². The summed E-state index contributed by atoms with van der Waals surface area (Å²) in [5.74, 6) is 0.261. The number of hydrogen-bond donors (Lipinski definition) is 1. The van der Waals surface area contributed by atoms with Gasteiger partial charge >= 0.3 is 5.97 Å². The van der Waals surface area contributed by atoms with E-state index in [1.807, 2.05) is 48.5 Å². The van der Waals surface area contributed by atoms with Crippen molar-refractivity contribution in [3.05, 3.63) is 11.8 Å². The summed E-state index contributed by atoms with van der Waals surface area (Å²) in [5.41, 5.74) is -1.73. The molecule has 0 aliphatic carbocycles. The first-order valence-electron chi connectivity index (χ1n) is 6.40. The van der Waals surface area contributed by atoms with E-state index in [2.05, 4.69) is 0 Å². The lowest BCUT2D eigenvalue weighted by Crippen LogP contribution is -2.48. The van der Waals surface area contributed by atoms with Gasteiger partial charge in [-0.05, 0) is 54.0 Å². The predicted octanol–water partition coefficient (Wildman–Crippen LogP) is 3.11. The first-order valence-corrected chi connectivity index (χ1v) is 6.40. The Bertz CT molecular complexity index is 381. The fourth-order valence-corrected chi connectivity index (χ4v) is 1.92. The molecule has 1 aliphatic heterocycles. The Labute approximate surface area is 110 Å². The summed E-state index contributed by atoms with van der Waals surface area (Å²) >= 11 is 0. The molecule has 0 amide bonds. The molecule has 1 heterocycles. The van der Waals surface area contributed by atoms with Crippen molar-refractivity contribution < 1.29 is 14.7 Å². The van der Waals surface area contributed by atoms with Crippen LogP contribution in [0, 0.1) is 5.41 Å². The van der Waals surface area contributed by atoms with E-state index in [4.69, 9.17) is 4.74 Å². The third-order valence-electron chi connectivity index (χ3n) is 3.80. The SMILES string of the molecule is CCC(C)(C)C(=O)OC1=CC(C)(C)N(O)C1(C)C. The van der Waals surface area contributed by atoms with Crippen LogP contribution in [0.5, 0.6) is 0 Å². The maximum atomic E-state index is 12.1. The molecule has 0 fully saturated rings. The fraction of sp³-hybridized carbons (Fsp3) is 0.786. The number of hydrogen-bond acceptors (Lipinski definition) is 4. The van der Waals surface area contributed by atoms with Crippen molar-refractivity contribution in [2.24, 2.45) is 5.41 Å². The lowest BCUT2D eigenvalue weighted by molar-refractivity contribution is -0.194. The maximum Gasteiger partial charge on any atom is 0.316 e. The van der Waals surface area contributed by atoms with Gasteiger partial charge in [-0.3, -0.25) is 4.79 Å². The van der Waals surface area contributed by atoms with Gasteiger partial charge in [0.15, 0.2) is 0 Å². The Morgan fingerprint density at radius 2 is 1.89 bits per heavy atom. The zero-order valence-electron chi connectivity index (χ0n) is 12.5. The molecule has 4 heteroatoms. The summed E-state index contributed by atoms with van der Waals surface area (Å²) in [6.45, 7) is 13.1. The Kier molecular flexibility index (Phi) is 3.67. The molecular weight excluding hydrogens is 230 g/mol. The predicted molar refractivity (Wildman–Crippen MR) is 70.0 cm³/mol. The van der Waals surface area contributed by atoms with Gasteiger partial charge in [0.05, 0.1) is 16.5 Å². The average Bonchev–Trinajstić information content (AvgIpc) is 2.39. The molecule has 4 nitrogen and oxygen atoms in total. The summed E-state index contributed by atoms with van der Waals surface area (Å²) in [5, 5.41) is 11.3. The van der Waals surface area contributed by atoms with Gasteiger partial charge in [0, 0.05) is 0 Å². The van der Waals surface area contributed by atoms with Crippen molar-refractivity contribution in [1.82, 2.24) is 5.06 Å². The lowest BCUT2D eigenvalue weighted by Gasteiger charge is -2.35. The van der Waals surface area contributed by atoms with Crippen LogP contribution in [0.15, 0.2) is 11.8 Å². The first kappa shape index (κ1) is 15.2. The Balaban J connectivity index is 2.96. The Morgan fingerprint density at radius 3 is 2.22 bits per heavy atom. The second kappa shape index (κ2) is 4.35. The van der Waals surface area contributed by atoms with E-state index in [0.717, 1.165) is 0 Å². The molecule has 0 aromatic heterocycles. The first-order chi connectivity index (χ1) is 7.95. The van der Waals surface area contributed by atoms with Gasteiger partial charge in [0.2, 0.25) is 0 Å². The number of ether oxygens (including phenoxy) is 1. The zero-order valence-corrected chi connectivity index (χ0v) is 12.5. The van der Waals surface area contributed by atoms with Gasteiger partial charge in [0.1, 0.15) is 5.76 Å². The van der Waals surface area contributed by atoms with Crippen LogP contribution in [0.2, 0.25) is 0 Å².